The quantitative estimate of drug-likeness (QED) is 0.505. The van der Waals surface area contributed by atoms with E-state index in [-0.39, 0.29) is 12.5 Å². The second kappa shape index (κ2) is 8.31. The second-order valence-corrected chi connectivity index (χ2v) is 7.44. The molecule has 29 heavy (non-hydrogen) atoms. The Bertz CT molecular complexity index is 1150. The van der Waals surface area contributed by atoms with E-state index in [4.69, 9.17) is 4.98 Å². The maximum absolute atomic E-state index is 12.8. The van der Waals surface area contributed by atoms with E-state index in [2.05, 4.69) is 43.4 Å². The first-order valence-corrected chi connectivity index (χ1v) is 9.95. The van der Waals surface area contributed by atoms with Gasteiger partial charge in [0.15, 0.2) is 0 Å². The van der Waals surface area contributed by atoms with E-state index in [0.717, 1.165) is 35.4 Å². The van der Waals surface area contributed by atoms with E-state index >= 15 is 0 Å². The summed E-state index contributed by atoms with van der Waals surface area (Å²) < 4.78 is 2.04. The summed E-state index contributed by atoms with van der Waals surface area (Å²) in [6, 6.07) is 24.4. The maximum atomic E-state index is 12.8. The number of para-hydroxylation sites is 2. The average Bonchev–Trinajstić information content (AvgIpc) is 3.07. The molecule has 4 rings (SSSR count). The first kappa shape index (κ1) is 18.9. The van der Waals surface area contributed by atoms with Crippen LogP contribution in [0.2, 0.25) is 0 Å². The van der Waals surface area contributed by atoms with Crippen LogP contribution in [0.25, 0.3) is 11.0 Å². The molecule has 0 aliphatic rings. The van der Waals surface area contributed by atoms with Crippen LogP contribution in [0.4, 0.5) is 5.69 Å². The molecule has 4 heteroatoms. The molecule has 0 spiro atoms. The maximum Gasteiger partial charge on any atom is 0.244 e. The number of aryl methyl sites for hydroxylation is 4. The molecule has 0 aliphatic heterocycles. The van der Waals surface area contributed by atoms with Crippen molar-refractivity contribution in [3.63, 3.8) is 0 Å². The Morgan fingerprint density at radius 2 is 1.66 bits per heavy atom. The summed E-state index contributed by atoms with van der Waals surface area (Å²) in [7, 11) is 0. The number of hydrogen-bond donors (Lipinski definition) is 1. The van der Waals surface area contributed by atoms with Gasteiger partial charge < -0.3 is 9.88 Å². The van der Waals surface area contributed by atoms with Crippen LogP contribution in [0.1, 0.15) is 22.5 Å². The van der Waals surface area contributed by atoms with Gasteiger partial charge in [-0.3, -0.25) is 4.79 Å². The number of imidazole rings is 1. The Balaban J connectivity index is 1.56. The van der Waals surface area contributed by atoms with Gasteiger partial charge in [0.2, 0.25) is 5.91 Å². The molecule has 1 heterocycles. The van der Waals surface area contributed by atoms with Gasteiger partial charge in [-0.25, -0.2) is 4.98 Å². The molecule has 0 radical (unpaired) electrons. The van der Waals surface area contributed by atoms with Gasteiger partial charge in [0, 0.05) is 12.1 Å². The normalized spacial score (nSPS) is 11.0. The second-order valence-electron chi connectivity index (χ2n) is 7.44. The molecule has 0 bridgehead atoms. The zero-order chi connectivity index (χ0) is 20.2. The van der Waals surface area contributed by atoms with Crippen LogP contribution >= 0.6 is 0 Å². The zero-order valence-electron chi connectivity index (χ0n) is 16.9. The summed E-state index contributed by atoms with van der Waals surface area (Å²) in [5, 5.41) is 3.03. The van der Waals surface area contributed by atoms with Crippen molar-refractivity contribution in [1.82, 2.24) is 9.55 Å². The van der Waals surface area contributed by atoms with Crippen molar-refractivity contribution in [3.8, 4) is 0 Å². The van der Waals surface area contributed by atoms with Crippen LogP contribution in [0.15, 0.2) is 72.8 Å². The van der Waals surface area contributed by atoms with Crippen molar-refractivity contribution in [2.75, 3.05) is 5.32 Å². The Morgan fingerprint density at radius 3 is 2.45 bits per heavy atom. The predicted molar refractivity (Wildman–Crippen MR) is 118 cm³/mol. The van der Waals surface area contributed by atoms with Crippen molar-refractivity contribution >= 4 is 22.6 Å². The molecule has 0 unspecified atom stereocenters. The van der Waals surface area contributed by atoms with Crippen LogP contribution < -0.4 is 5.32 Å². The number of benzene rings is 3. The van der Waals surface area contributed by atoms with Gasteiger partial charge in [0.1, 0.15) is 12.4 Å². The Hall–Kier alpha value is -3.40. The van der Waals surface area contributed by atoms with Crippen LogP contribution in [0, 0.1) is 13.8 Å². The topological polar surface area (TPSA) is 46.9 Å². The van der Waals surface area contributed by atoms with Gasteiger partial charge in [-0.15, -0.1) is 0 Å². The van der Waals surface area contributed by atoms with Crippen LogP contribution in [0.3, 0.4) is 0 Å². The Labute approximate surface area is 171 Å². The molecular weight excluding hydrogens is 358 g/mol. The van der Waals surface area contributed by atoms with Gasteiger partial charge in [-0.05, 0) is 61.2 Å². The fourth-order valence-corrected chi connectivity index (χ4v) is 3.56. The van der Waals surface area contributed by atoms with Crippen molar-refractivity contribution < 1.29 is 4.79 Å². The summed E-state index contributed by atoms with van der Waals surface area (Å²) >= 11 is 0. The first-order valence-electron chi connectivity index (χ1n) is 9.95. The molecule has 4 aromatic rings. The van der Waals surface area contributed by atoms with E-state index in [9.17, 15) is 4.79 Å². The van der Waals surface area contributed by atoms with Gasteiger partial charge in [0.25, 0.3) is 0 Å². The minimum atomic E-state index is -0.0441. The lowest BCUT2D eigenvalue weighted by atomic mass is 10.1. The largest absolute Gasteiger partial charge is 0.325 e. The van der Waals surface area contributed by atoms with E-state index in [1.54, 1.807) is 0 Å². The molecule has 0 saturated heterocycles. The Kier molecular flexibility index (Phi) is 5.43. The minimum Gasteiger partial charge on any atom is -0.325 e. The fourth-order valence-electron chi connectivity index (χ4n) is 3.56. The number of nitrogens with zero attached hydrogens (tertiary/aromatic N) is 2. The molecule has 1 N–H and O–H groups in total. The average molecular weight is 383 g/mol. The lowest BCUT2D eigenvalue weighted by Gasteiger charge is -2.11. The number of nitrogens with one attached hydrogen (secondary N) is 1. The van der Waals surface area contributed by atoms with Gasteiger partial charge in [-0.1, -0.05) is 48.5 Å². The number of aromatic nitrogens is 2. The summed E-state index contributed by atoms with van der Waals surface area (Å²) in [4.78, 5) is 17.6. The highest BCUT2D eigenvalue weighted by Crippen LogP contribution is 2.19. The summed E-state index contributed by atoms with van der Waals surface area (Å²) in [5.41, 5.74) is 6.39. The zero-order valence-corrected chi connectivity index (χ0v) is 16.9. The third-order valence-corrected chi connectivity index (χ3v) is 5.31. The van der Waals surface area contributed by atoms with Crippen molar-refractivity contribution in [1.29, 1.82) is 0 Å². The highest BCUT2D eigenvalue weighted by Gasteiger charge is 2.14. The van der Waals surface area contributed by atoms with Gasteiger partial charge in [-0.2, -0.15) is 0 Å². The lowest BCUT2D eigenvalue weighted by molar-refractivity contribution is -0.116. The summed E-state index contributed by atoms with van der Waals surface area (Å²) in [5.74, 6) is 0.891. The van der Waals surface area contributed by atoms with E-state index in [1.807, 2.05) is 53.1 Å². The molecule has 0 saturated carbocycles. The van der Waals surface area contributed by atoms with Crippen molar-refractivity contribution in [2.24, 2.45) is 0 Å². The first-order chi connectivity index (χ1) is 14.1. The number of carbonyl (C=O) groups is 1. The van der Waals surface area contributed by atoms with Crippen LogP contribution in [0.5, 0.6) is 0 Å². The molecule has 0 atom stereocenters. The minimum absolute atomic E-state index is 0.0441. The molecule has 1 amide bonds. The number of amides is 1. The van der Waals surface area contributed by atoms with E-state index in [0.29, 0.717) is 0 Å². The number of rotatable bonds is 6. The van der Waals surface area contributed by atoms with Crippen molar-refractivity contribution in [2.45, 2.75) is 33.2 Å². The number of anilines is 1. The molecular formula is C25H25N3O. The Morgan fingerprint density at radius 1 is 0.897 bits per heavy atom. The standard InChI is InChI=1S/C25H25N3O/c1-18-12-14-21(16-19(18)2)26-25(29)17-28-23-11-7-6-10-22(23)27-24(28)15-13-20-8-4-3-5-9-20/h3-12,14,16H,13,15,17H2,1-2H3,(H,26,29). The number of hydrogen-bond acceptors (Lipinski definition) is 2. The monoisotopic (exact) mass is 383 g/mol. The lowest BCUT2D eigenvalue weighted by Crippen LogP contribution is -2.20. The number of carbonyl (C=O) groups excluding carboxylic acids is 1. The van der Waals surface area contributed by atoms with E-state index < -0.39 is 0 Å². The third-order valence-electron chi connectivity index (χ3n) is 5.31. The summed E-state index contributed by atoms with van der Waals surface area (Å²) in [6.45, 7) is 4.37. The van der Waals surface area contributed by atoms with Crippen LogP contribution in [-0.4, -0.2) is 15.5 Å². The predicted octanol–water partition coefficient (Wildman–Crippen LogP) is 5.08. The highest BCUT2D eigenvalue weighted by atomic mass is 16.1. The van der Waals surface area contributed by atoms with Crippen LogP contribution in [-0.2, 0) is 24.2 Å². The molecule has 3 aromatic carbocycles. The highest BCUT2D eigenvalue weighted by molar-refractivity contribution is 5.91. The molecule has 0 fully saturated rings. The smallest absolute Gasteiger partial charge is 0.244 e. The summed E-state index contributed by atoms with van der Waals surface area (Å²) in [6.07, 6.45) is 1.68. The molecule has 146 valence electrons. The third kappa shape index (κ3) is 4.37. The molecule has 0 aliphatic carbocycles. The molecule has 4 nitrogen and oxygen atoms in total. The van der Waals surface area contributed by atoms with Crippen molar-refractivity contribution in [3.05, 3.63) is 95.3 Å². The van der Waals surface area contributed by atoms with Gasteiger partial charge in [0.05, 0.1) is 11.0 Å². The fraction of sp³-hybridized carbons (Fsp3) is 0.200. The molecule has 1 aromatic heterocycles. The number of fused-ring (bicyclic) bond motifs is 1. The van der Waals surface area contributed by atoms with E-state index in [1.165, 1.54) is 16.7 Å². The SMILES string of the molecule is Cc1ccc(NC(=O)Cn2c(CCc3ccccc3)nc3ccccc32)cc1C. The van der Waals surface area contributed by atoms with Gasteiger partial charge >= 0.3 is 0 Å².